The van der Waals surface area contributed by atoms with Crippen LogP contribution in [0.2, 0.25) is 0 Å². The van der Waals surface area contributed by atoms with Gasteiger partial charge in [-0.3, -0.25) is 14.4 Å². The Balaban J connectivity index is 0. The Hall–Kier alpha value is -2.69. The summed E-state index contributed by atoms with van der Waals surface area (Å²) in [6.07, 6.45) is -2.97. The molecule has 0 aliphatic rings. The van der Waals surface area contributed by atoms with Crippen molar-refractivity contribution in [3.8, 4) is 0 Å². The maximum Gasteiger partial charge on any atom is 0.333 e. The van der Waals surface area contributed by atoms with Crippen molar-refractivity contribution in [1.29, 1.82) is 0 Å². The molecule has 21 heavy (non-hydrogen) atoms. The Bertz CT molecular complexity index is 386. The minimum absolute atomic E-state index is 0.296. The lowest BCUT2D eigenvalue weighted by Crippen LogP contribution is -2.29. The normalized spacial score (nSPS) is 10.7. The Morgan fingerprint density at radius 2 is 1.14 bits per heavy atom. The Kier molecular flexibility index (Phi) is 11.0. The van der Waals surface area contributed by atoms with Gasteiger partial charge in [0.1, 0.15) is 6.61 Å². The first-order valence-electron chi connectivity index (χ1n) is 5.27. The van der Waals surface area contributed by atoms with E-state index in [4.69, 9.17) is 25.5 Å². The fraction of sp³-hybridized carbons (Fsp3) is 0.500. The summed E-state index contributed by atoms with van der Waals surface area (Å²) in [6.45, 7) is -0.829. The molecule has 0 amide bonds. The molecule has 0 aliphatic heterocycles. The Morgan fingerprint density at radius 3 is 1.38 bits per heavy atom. The van der Waals surface area contributed by atoms with Crippen LogP contribution >= 0.6 is 0 Å². The fourth-order valence-electron chi connectivity index (χ4n) is 0.762. The van der Waals surface area contributed by atoms with Crippen LogP contribution < -0.4 is 0 Å². The monoisotopic (exact) mass is 310 g/mol. The molecule has 0 spiro atoms. The maximum absolute atomic E-state index is 10.3. The van der Waals surface area contributed by atoms with Crippen molar-refractivity contribution < 1.29 is 54.2 Å². The smallest absolute Gasteiger partial charge is 0.333 e. The van der Waals surface area contributed by atoms with E-state index in [9.17, 15) is 24.0 Å². The van der Waals surface area contributed by atoms with Crippen LogP contribution in [0, 0.1) is 0 Å². The molecule has 0 saturated heterocycles. The second-order valence-electron chi connectivity index (χ2n) is 3.42. The molecule has 0 rings (SSSR count). The molecule has 0 bridgehead atoms. The van der Waals surface area contributed by atoms with E-state index in [0.29, 0.717) is 0 Å². The minimum Gasteiger partial charge on any atom is -0.481 e. The van der Waals surface area contributed by atoms with Gasteiger partial charge in [0.2, 0.25) is 0 Å². The largest absolute Gasteiger partial charge is 0.481 e. The van der Waals surface area contributed by atoms with Crippen molar-refractivity contribution in [1.82, 2.24) is 0 Å². The molecule has 11 nitrogen and oxygen atoms in total. The summed E-state index contributed by atoms with van der Waals surface area (Å²) in [5.41, 5.74) is 0. The van der Waals surface area contributed by atoms with Gasteiger partial charge in [-0.1, -0.05) is 0 Å². The number of carbonyl (C=O) groups is 5. The van der Waals surface area contributed by atoms with E-state index in [0.717, 1.165) is 0 Å². The van der Waals surface area contributed by atoms with Crippen molar-refractivity contribution in [3.05, 3.63) is 0 Å². The molecular weight excluding hydrogens is 296 g/mol. The van der Waals surface area contributed by atoms with E-state index in [1.807, 2.05) is 0 Å². The van der Waals surface area contributed by atoms with Crippen LogP contribution in [-0.2, 0) is 28.7 Å². The van der Waals surface area contributed by atoms with Gasteiger partial charge in [0.15, 0.2) is 6.10 Å². The van der Waals surface area contributed by atoms with Crippen LogP contribution in [0.25, 0.3) is 0 Å². The van der Waals surface area contributed by atoms with Gasteiger partial charge in [0.25, 0.3) is 0 Å². The van der Waals surface area contributed by atoms with E-state index in [-0.39, 0.29) is 12.8 Å². The zero-order valence-electron chi connectivity index (χ0n) is 10.6. The number of aliphatic carboxylic acids is 5. The molecule has 0 saturated carbocycles. The second-order valence-corrected chi connectivity index (χ2v) is 3.42. The van der Waals surface area contributed by atoms with Crippen LogP contribution in [-0.4, -0.2) is 68.1 Å². The standard InChI is InChI=1S/C6H8O7.C4H6O4/c7-4(8)1-3(6(11)12)13-2-5(9)10;5-3(6)1-2-4(7)8/h3H,1-2H2,(H,7,8)(H,9,10)(H,11,12);1-2H2,(H,5,6)(H,7,8). The summed E-state index contributed by atoms with van der Waals surface area (Å²) in [7, 11) is 0. The summed E-state index contributed by atoms with van der Waals surface area (Å²) in [5.74, 6) is -6.36. The van der Waals surface area contributed by atoms with Crippen molar-refractivity contribution in [2.24, 2.45) is 0 Å². The lowest BCUT2D eigenvalue weighted by molar-refractivity contribution is -0.161. The van der Waals surface area contributed by atoms with Crippen molar-refractivity contribution in [2.75, 3.05) is 6.61 Å². The van der Waals surface area contributed by atoms with Crippen molar-refractivity contribution >= 4 is 29.8 Å². The predicted octanol–water partition coefficient (Wildman–Crippen LogP) is -1.05. The van der Waals surface area contributed by atoms with Crippen LogP contribution in [0.15, 0.2) is 0 Å². The number of rotatable bonds is 9. The van der Waals surface area contributed by atoms with Gasteiger partial charge >= 0.3 is 29.8 Å². The first-order valence-corrected chi connectivity index (χ1v) is 5.27. The van der Waals surface area contributed by atoms with Crippen LogP contribution in [0.5, 0.6) is 0 Å². The van der Waals surface area contributed by atoms with E-state index in [1.54, 1.807) is 0 Å². The van der Waals surface area contributed by atoms with Gasteiger partial charge in [-0.25, -0.2) is 9.59 Å². The zero-order chi connectivity index (χ0) is 17.0. The lowest BCUT2D eigenvalue weighted by Gasteiger charge is -2.08. The number of carboxylic acid groups (broad SMARTS) is 5. The molecular formula is C10H14O11. The van der Waals surface area contributed by atoms with Crippen LogP contribution in [0.3, 0.4) is 0 Å². The third-order valence-corrected chi connectivity index (χ3v) is 1.60. The fourth-order valence-corrected chi connectivity index (χ4v) is 0.762. The molecule has 1 unspecified atom stereocenters. The van der Waals surface area contributed by atoms with Gasteiger partial charge in [0.05, 0.1) is 19.3 Å². The number of carboxylic acids is 5. The minimum atomic E-state index is -1.62. The summed E-state index contributed by atoms with van der Waals surface area (Å²) >= 11 is 0. The summed E-state index contributed by atoms with van der Waals surface area (Å²) in [4.78, 5) is 49.6. The van der Waals surface area contributed by atoms with E-state index in [2.05, 4.69) is 4.74 Å². The topological polar surface area (TPSA) is 196 Å². The van der Waals surface area contributed by atoms with Gasteiger partial charge in [-0.2, -0.15) is 0 Å². The number of hydrogen-bond donors (Lipinski definition) is 5. The maximum atomic E-state index is 10.3. The molecule has 0 aromatic heterocycles. The molecule has 5 N–H and O–H groups in total. The lowest BCUT2D eigenvalue weighted by atomic mass is 10.2. The number of ether oxygens (including phenoxy) is 1. The quantitative estimate of drug-likeness (QED) is 0.348. The summed E-state index contributed by atoms with van der Waals surface area (Å²) in [5, 5.41) is 40.5. The van der Waals surface area contributed by atoms with E-state index in [1.165, 1.54) is 0 Å². The Labute approximate surface area is 117 Å². The van der Waals surface area contributed by atoms with E-state index < -0.39 is 49.0 Å². The van der Waals surface area contributed by atoms with Gasteiger partial charge < -0.3 is 30.3 Å². The van der Waals surface area contributed by atoms with Gasteiger partial charge in [-0.05, 0) is 0 Å². The van der Waals surface area contributed by atoms with Gasteiger partial charge in [0, 0.05) is 0 Å². The SMILES string of the molecule is O=C(O)CCC(=O)O.O=C(O)COC(CC(=O)O)C(=O)O. The van der Waals surface area contributed by atoms with Crippen molar-refractivity contribution in [2.45, 2.75) is 25.4 Å². The van der Waals surface area contributed by atoms with E-state index >= 15 is 0 Å². The average molecular weight is 310 g/mol. The molecule has 11 heteroatoms. The van der Waals surface area contributed by atoms with Crippen molar-refractivity contribution in [3.63, 3.8) is 0 Å². The summed E-state index contributed by atoms with van der Waals surface area (Å²) in [6, 6.07) is 0. The number of hydrogen-bond acceptors (Lipinski definition) is 6. The first-order chi connectivity index (χ1) is 9.56. The van der Waals surface area contributed by atoms with Crippen LogP contribution in [0.4, 0.5) is 0 Å². The molecule has 0 radical (unpaired) electrons. The molecule has 0 fully saturated rings. The highest BCUT2D eigenvalue weighted by molar-refractivity contribution is 5.80. The molecule has 0 heterocycles. The average Bonchev–Trinajstić information content (AvgIpc) is 2.31. The molecule has 120 valence electrons. The highest BCUT2D eigenvalue weighted by atomic mass is 16.5. The third kappa shape index (κ3) is 17.3. The summed E-state index contributed by atoms with van der Waals surface area (Å²) < 4.78 is 4.30. The zero-order valence-corrected chi connectivity index (χ0v) is 10.6. The molecule has 0 aromatic rings. The molecule has 1 atom stereocenters. The molecule has 0 aromatic carbocycles. The predicted molar refractivity (Wildman–Crippen MR) is 61.8 cm³/mol. The highest BCUT2D eigenvalue weighted by Gasteiger charge is 2.22. The second kappa shape index (κ2) is 11.2. The first kappa shape index (κ1) is 20.6. The van der Waals surface area contributed by atoms with Gasteiger partial charge in [-0.15, -0.1) is 0 Å². The molecule has 0 aliphatic carbocycles. The highest BCUT2D eigenvalue weighted by Crippen LogP contribution is 1.98. The van der Waals surface area contributed by atoms with Crippen LogP contribution in [0.1, 0.15) is 19.3 Å². The third-order valence-electron chi connectivity index (χ3n) is 1.60. The Morgan fingerprint density at radius 1 is 0.714 bits per heavy atom.